The molecule has 0 amide bonds. The molecule has 1 aliphatic heterocycles. The summed E-state index contributed by atoms with van der Waals surface area (Å²) in [5.74, 6) is -0.904. The number of rotatable bonds is 8. The standard InChI is InChI=1S/C19H27F5N4O.HI/c1-3-27(13-19(22,23)24)11-14-6-8-28(12-14)18(25-2)26-7-9-29-15-4-5-16(20)17(21)10-15;/h4-5,10,14H,3,6-9,11-13H2,1-2H3,(H,25,26);1H. The second-order valence-electron chi connectivity index (χ2n) is 6.94. The van der Waals surface area contributed by atoms with Crippen molar-refractivity contribution in [1.82, 2.24) is 15.1 Å². The van der Waals surface area contributed by atoms with Crippen molar-refractivity contribution in [3.8, 4) is 5.75 Å². The van der Waals surface area contributed by atoms with Gasteiger partial charge in [0.15, 0.2) is 17.6 Å². The van der Waals surface area contributed by atoms with E-state index in [2.05, 4.69) is 10.3 Å². The molecule has 1 heterocycles. The predicted octanol–water partition coefficient (Wildman–Crippen LogP) is 3.74. The maximum atomic E-state index is 13.2. The van der Waals surface area contributed by atoms with Crippen LogP contribution >= 0.6 is 24.0 Å². The van der Waals surface area contributed by atoms with Crippen LogP contribution in [0.1, 0.15) is 13.3 Å². The molecule has 30 heavy (non-hydrogen) atoms. The molecular weight excluding hydrogens is 522 g/mol. The van der Waals surface area contributed by atoms with Crippen molar-refractivity contribution in [1.29, 1.82) is 0 Å². The van der Waals surface area contributed by atoms with Gasteiger partial charge < -0.3 is 15.0 Å². The molecule has 0 spiro atoms. The lowest BCUT2D eigenvalue weighted by Gasteiger charge is -2.26. The van der Waals surface area contributed by atoms with Crippen LogP contribution in [-0.2, 0) is 0 Å². The molecule has 1 unspecified atom stereocenters. The zero-order chi connectivity index (χ0) is 21.4. The summed E-state index contributed by atoms with van der Waals surface area (Å²) in [5.41, 5.74) is 0. The normalized spacial score (nSPS) is 17.3. The third-order valence-corrected chi connectivity index (χ3v) is 4.71. The average molecular weight is 550 g/mol. The fourth-order valence-corrected chi connectivity index (χ4v) is 3.33. The van der Waals surface area contributed by atoms with Gasteiger partial charge in [0.05, 0.1) is 13.1 Å². The molecule has 11 heteroatoms. The summed E-state index contributed by atoms with van der Waals surface area (Å²) in [4.78, 5) is 7.63. The number of likely N-dealkylation sites (tertiary alicyclic amines) is 1. The Labute approximate surface area is 190 Å². The number of hydrogen-bond donors (Lipinski definition) is 1. The van der Waals surface area contributed by atoms with E-state index in [9.17, 15) is 22.0 Å². The average Bonchev–Trinajstić information content (AvgIpc) is 3.11. The van der Waals surface area contributed by atoms with Crippen molar-refractivity contribution in [2.75, 3.05) is 52.9 Å². The molecule has 0 bridgehead atoms. The third kappa shape index (κ3) is 8.78. The van der Waals surface area contributed by atoms with Gasteiger partial charge in [0, 0.05) is 32.7 Å². The Morgan fingerprint density at radius 3 is 2.63 bits per heavy atom. The largest absolute Gasteiger partial charge is 0.492 e. The van der Waals surface area contributed by atoms with Crippen molar-refractivity contribution in [2.45, 2.75) is 19.5 Å². The molecular formula is C19H28F5IN4O. The van der Waals surface area contributed by atoms with Crippen molar-refractivity contribution >= 4 is 29.9 Å². The highest BCUT2D eigenvalue weighted by atomic mass is 127. The number of benzene rings is 1. The van der Waals surface area contributed by atoms with E-state index >= 15 is 0 Å². The van der Waals surface area contributed by atoms with Crippen molar-refractivity contribution in [3.05, 3.63) is 29.8 Å². The summed E-state index contributed by atoms with van der Waals surface area (Å²) in [7, 11) is 1.63. The number of ether oxygens (including phenoxy) is 1. The maximum absolute atomic E-state index is 13.2. The van der Waals surface area contributed by atoms with Gasteiger partial charge in [-0.15, -0.1) is 24.0 Å². The quantitative estimate of drug-likeness (QED) is 0.176. The van der Waals surface area contributed by atoms with E-state index in [-0.39, 0.29) is 42.3 Å². The number of guanidine groups is 1. The Balaban J connectivity index is 0.00000450. The van der Waals surface area contributed by atoms with Crippen LogP contribution in [0.3, 0.4) is 0 Å². The number of halogens is 6. The Kier molecular flexibility index (Phi) is 11.1. The Hall–Kier alpha value is -1.37. The fourth-order valence-electron chi connectivity index (χ4n) is 3.33. The highest BCUT2D eigenvalue weighted by molar-refractivity contribution is 14.0. The van der Waals surface area contributed by atoms with Crippen LogP contribution < -0.4 is 10.1 Å². The van der Waals surface area contributed by atoms with Gasteiger partial charge >= 0.3 is 6.18 Å². The van der Waals surface area contributed by atoms with Crippen LogP contribution in [-0.4, -0.2) is 74.9 Å². The zero-order valence-corrected chi connectivity index (χ0v) is 19.3. The lowest BCUT2D eigenvalue weighted by molar-refractivity contribution is -0.146. The summed E-state index contributed by atoms with van der Waals surface area (Å²) in [5, 5.41) is 3.12. The molecule has 0 aliphatic carbocycles. The highest BCUT2D eigenvalue weighted by Gasteiger charge is 2.32. The number of nitrogens with one attached hydrogen (secondary N) is 1. The second kappa shape index (κ2) is 12.5. The van der Waals surface area contributed by atoms with Gasteiger partial charge in [-0.1, -0.05) is 6.92 Å². The number of aliphatic imine (C=N–C) groups is 1. The van der Waals surface area contributed by atoms with E-state index in [1.54, 1.807) is 14.0 Å². The predicted molar refractivity (Wildman–Crippen MR) is 116 cm³/mol. The molecule has 0 radical (unpaired) electrons. The van der Waals surface area contributed by atoms with E-state index in [1.165, 1.54) is 11.0 Å². The van der Waals surface area contributed by atoms with Crippen LogP contribution in [0.5, 0.6) is 5.75 Å². The summed E-state index contributed by atoms with van der Waals surface area (Å²) in [6.07, 6.45) is -3.40. The minimum absolute atomic E-state index is 0. The first-order chi connectivity index (χ1) is 13.7. The summed E-state index contributed by atoms with van der Waals surface area (Å²) in [6.45, 7) is 3.52. The van der Waals surface area contributed by atoms with Gasteiger partial charge in [0.2, 0.25) is 0 Å². The molecule has 5 nitrogen and oxygen atoms in total. The van der Waals surface area contributed by atoms with E-state index in [4.69, 9.17) is 4.74 Å². The lowest BCUT2D eigenvalue weighted by atomic mass is 10.1. The van der Waals surface area contributed by atoms with Crippen molar-refractivity contribution in [3.63, 3.8) is 0 Å². The molecule has 2 rings (SSSR count). The van der Waals surface area contributed by atoms with Gasteiger partial charge in [-0.2, -0.15) is 13.2 Å². The van der Waals surface area contributed by atoms with Gasteiger partial charge in [0.1, 0.15) is 12.4 Å². The monoisotopic (exact) mass is 550 g/mol. The SMILES string of the molecule is CCN(CC1CCN(C(=NC)NCCOc2ccc(F)c(F)c2)C1)CC(F)(F)F.I. The minimum atomic E-state index is -4.20. The van der Waals surface area contributed by atoms with E-state index in [0.29, 0.717) is 38.7 Å². The zero-order valence-electron chi connectivity index (χ0n) is 17.0. The molecule has 1 fully saturated rings. The fraction of sp³-hybridized carbons (Fsp3) is 0.632. The molecule has 1 N–H and O–H groups in total. The third-order valence-electron chi connectivity index (χ3n) is 4.71. The first-order valence-corrected chi connectivity index (χ1v) is 9.54. The lowest BCUT2D eigenvalue weighted by Crippen LogP contribution is -2.42. The summed E-state index contributed by atoms with van der Waals surface area (Å²) < 4.78 is 69.3. The first-order valence-electron chi connectivity index (χ1n) is 9.54. The number of nitrogens with zero attached hydrogens (tertiary/aromatic N) is 3. The molecule has 0 saturated carbocycles. The highest BCUT2D eigenvalue weighted by Crippen LogP contribution is 2.21. The topological polar surface area (TPSA) is 40.1 Å². The second-order valence-corrected chi connectivity index (χ2v) is 6.94. The van der Waals surface area contributed by atoms with Gasteiger partial charge in [-0.25, -0.2) is 8.78 Å². The van der Waals surface area contributed by atoms with Crippen LogP contribution in [0.2, 0.25) is 0 Å². The van der Waals surface area contributed by atoms with E-state index < -0.39 is 24.4 Å². The smallest absolute Gasteiger partial charge is 0.401 e. The summed E-state index contributed by atoms with van der Waals surface area (Å²) in [6, 6.07) is 3.33. The Bertz CT molecular complexity index is 689. The van der Waals surface area contributed by atoms with Gasteiger partial charge in [-0.05, 0) is 31.0 Å². The molecule has 172 valence electrons. The maximum Gasteiger partial charge on any atom is 0.401 e. The molecule has 1 saturated heterocycles. The van der Waals surface area contributed by atoms with Crippen molar-refractivity contribution < 1.29 is 26.7 Å². The van der Waals surface area contributed by atoms with Crippen LogP contribution in [0.25, 0.3) is 0 Å². The molecule has 1 atom stereocenters. The molecule has 1 aromatic carbocycles. The Morgan fingerprint density at radius 2 is 2.03 bits per heavy atom. The van der Waals surface area contributed by atoms with Crippen LogP contribution in [0, 0.1) is 17.6 Å². The van der Waals surface area contributed by atoms with Gasteiger partial charge in [0.25, 0.3) is 0 Å². The van der Waals surface area contributed by atoms with E-state index in [0.717, 1.165) is 18.6 Å². The number of hydrogen-bond acceptors (Lipinski definition) is 3. The van der Waals surface area contributed by atoms with E-state index in [1.807, 2.05) is 4.90 Å². The van der Waals surface area contributed by atoms with Crippen LogP contribution in [0.4, 0.5) is 22.0 Å². The minimum Gasteiger partial charge on any atom is -0.492 e. The summed E-state index contributed by atoms with van der Waals surface area (Å²) >= 11 is 0. The van der Waals surface area contributed by atoms with Crippen molar-refractivity contribution in [2.24, 2.45) is 10.9 Å². The number of alkyl halides is 3. The van der Waals surface area contributed by atoms with Gasteiger partial charge in [-0.3, -0.25) is 9.89 Å². The van der Waals surface area contributed by atoms with Crippen LogP contribution in [0.15, 0.2) is 23.2 Å². The molecule has 1 aliphatic rings. The first kappa shape index (κ1) is 26.7. The molecule has 0 aromatic heterocycles. The molecule has 1 aromatic rings. The Morgan fingerprint density at radius 1 is 1.30 bits per heavy atom.